The second-order valence-corrected chi connectivity index (χ2v) is 5.46. The lowest BCUT2D eigenvalue weighted by Crippen LogP contribution is -2.07. The number of carbonyl (C=O) groups is 1. The van der Waals surface area contributed by atoms with Gasteiger partial charge in [-0.2, -0.15) is 0 Å². The second kappa shape index (κ2) is 5.90. The lowest BCUT2D eigenvalue weighted by Gasteiger charge is -2.04. The Bertz CT molecular complexity index is 1070. The first-order valence-corrected chi connectivity index (χ1v) is 7.52. The molecule has 0 fully saturated rings. The van der Waals surface area contributed by atoms with E-state index in [0.717, 1.165) is 12.1 Å². The van der Waals surface area contributed by atoms with E-state index in [0.29, 0.717) is 22.3 Å². The van der Waals surface area contributed by atoms with Gasteiger partial charge in [-0.15, -0.1) is 0 Å². The molecule has 3 aromatic heterocycles. The van der Waals surface area contributed by atoms with Crippen molar-refractivity contribution >= 4 is 16.8 Å². The van der Waals surface area contributed by atoms with Gasteiger partial charge < -0.3 is 4.98 Å². The highest BCUT2D eigenvalue weighted by Gasteiger charge is 2.22. The predicted molar refractivity (Wildman–Crippen MR) is 89.1 cm³/mol. The van der Waals surface area contributed by atoms with Crippen molar-refractivity contribution in [1.29, 1.82) is 0 Å². The summed E-state index contributed by atoms with van der Waals surface area (Å²) in [6, 6.07) is 10.5. The number of pyridine rings is 2. The van der Waals surface area contributed by atoms with E-state index >= 15 is 0 Å². The fourth-order valence-electron chi connectivity index (χ4n) is 2.71. The van der Waals surface area contributed by atoms with Gasteiger partial charge in [0.25, 0.3) is 0 Å². The quantitative estimate of drug-likeness (QED) is 0.573. The summed E-state index contributed by atoms with van der Waals surface area (Å²) in [6.45, 7) is 0. The van der Waals surface area contributed by atoms with Crippen LogP contribution in [0.2, 0.25) is 0 Å². The molecule has 25 heavy (non-hydrogen) atoms. The average Bonchev–Trinajstić information content (AvgIpc) is 3.05. The molecule has 0 aliphatic heterocycles. The van der Waals surface area contributed by atoms with E-state index in [9.17, 15) is 13.6 Å². The Morgan fingerprint density at radius 1 is 1.00 bits per heavy atom. The molecular weight excluding hydrogens is 324 g/mol. The number of benzene rings is 1. The molecule has 0 aliphatic rings. The van der Waals surface area contributed by atoms with E-state index in [-0.39, 0.29) is 5.56 Å². The van der Waals surface area contributed by atoms with Crippen LogP contribution in [0.3, 0.4) is 0 Å². The van der Waals surface area contributed by atoms with Crippen LogP contribution in [-0.4, -0.2) is 20.7 Å². The minimum Gasteiger partial charge on any atom is -0.345 e. The summed E-state index contributed by atoms with van der Waals surface area (Å²) in [7, 11) is 0. The Morgan fingerprint density at radius 2 is 1.80 bits per heavy atom. The second-order valence-electron chi connectivity index (χ2n) is 5.46. The molecule has 0 saturated heterocycles. The van der Waals surface area contributed by atoms with E-state index < -0.39 is 23.0 Å². The number of hydrogen-bond acceptors (Lipinski definition) is 3. The van der Waals surface area contributed by atoms with Crippen LogP contribution in [0.1, 0.15) is 15.9 Å². The number of aromatic amines is 1. The Kier molecular flexibility index (Phi) is 3.57. The molecule has 122 valence electrons. The summed E-state index contributed by atoms with van der Waals surface area (Å²) in [5.41, 5.74) is 1.43. The molecule has 0 spiro atoms. The molecule has 3 heterocycles. The van der Waals surface area contributed by atoms with Gasteiger partial charge in [-0.25, -0.2) is 13.8 Å². The Morgan fingerprint density at radius 3 is 2.52 bits per heavy atom. The Labute approximate surface area is 141 Å². The first-order valence-electron chi connectivity index (χ1n) is 7.52. The number of aromatic nitrogens is 3. The fourth-order valence-corrected chi connectivity index (χ4v) is 2.71. The highest BCUT2D eigenvalue weighted by atomic mass is 19.1. The van der Waals surface area contributed by atoms with E-state index in [2.05, 4.69) is 15.0 Å². The number of hydrogen-bond donors (Lipinski definition) is 1. The molecule has 0 bridgehead atoms. The minimum absolute atomic E-state index is 0.157. The number of halogens is 2. The topological polar surface area (TPSA) is 58.6 Å². The number of nitrogens with one attached hydrogen (secondary N) is 1. The number of H-pyrrole nitrogens is 1. The third kappa shape index (κ3) is 2.57. The average molecular weight is 335 g/mol. The molecule has 1 aromatic carbocycles. The van der Waals surface area contributed by atoms with E-state index in [1.165, 1.54) is 12.3 Å². The molecular formula is C19H11F2N3O. The molecule has 0 atom stereocenters. The zero-order valence-electron chi connectivity index (χ0n) is 12.8. The highest BCUT2D eigenvalue weighted by Crippen LogP contribution is 2.26. The maximum absolute atomic E-state index is 13.9. The number of carbonyl (C=O) groups excluding carboxylic acids is 1. The zero-order valence-corrected chi connectivity index (χ0v) is 12.8. The Balaban J connectivity index is 1.87. The van der Waals surface area contributed by atoms with Crippen molar-refractivity contribution < 1.29 is 13.6 Å². The SMILES string of the molecule is O=C(c1c(F)cccc1F)c1c[nH]c2ncc(-c3ccccn3)cc12. The van der Waals surface area contributed by atoms with Gasteiger partial charge in [0.2, 0.25) is 5.78 Å². The maximum atomic E-state index is 13.9. The lowest BCUT2D eigenvalue weighted by molar-refractivity contribution is 0.103. The van der Waals surface area contributed by atoms with E-state index in [1.807, 2.05) is 12.1 Å². The summed E-state index contributed by atoms with van der Waals surface area (Å²) < 4.78 is 27.9. The van der Waals surface area contributed by atoms with Crippen molar-refractivity contribution in [3.63, 3.8) is 0 Å². The molecule has 0 amide bonds. The molecule has 0 radical (unpaired) electrons. The Hall–Kier alpha value is -3.41. The number of nitrogens with zero attached hydrogens (tertiary/aromatic N) is 2. The van der Waals surface area contributed by atoms with Crippen molar-refractivity contribution in [2.45, 2.75) is 0 Å². The molecule has 0 saturated carbocycles. The van der Waals surface area contributed by atoms with Gasteiger partial charge in [0.1, 0.15) is 17.3 Å². The molecule has 4 aromatic rings. The van der Waals surface area contributed by atoms with Crippen LogP contribution in [0.25, 0.3) is 22.3 Å². The smallest absolute Gasteiger partial charge is 0.201 e. The van der Waals surface area contributed by atoms with E-state index in [4.69, 9.17) is 0 Å². The van der Waals surface area contributed by atoms with Crippen LogP contribution < -0.4 is 0 Å². The molecule has 0 aliphatic carbocycles. The zero-order chi connectivity index (χ0) is 17.4. The van der Waals surface area contributed by atoms with Gasteiger partial charge in [-0.05, 0) is 30.3 Å². The summed E-state index contributed by atoms with van der Waals surface area (Å²) in [5.74, 6) is -2.52. The monoisotopic (exact) mass is 335 g/mol. The van der Waals surface area contributed by atoms with Gasteiger partial charge in [-0.1, -0.05) is 12.1 Å². The first kappa shape index (κ1) is 15.1. The normalized spacial score (nSPS) is 11.0. The number of ketones is 1. The first-order chi connectivity index (χ1) is 12.1. The summed E-state index contributed by atoms with van der Waals surface area (Å²) in [6.07, 6.45) is 4.69. The van der Waals surface area contributed by atoms with Crippen LogP contribution in [0.4, 0.5) is 8.78 Å². The van der Waals surface area contributed by atoms with Crippen LogP contribution >= 0.6 is 0 Å². The van der Waals surface area contributed by atoms with Gasteiger partial charge in [-0.3, -0.25) is 9.78 Å². The van der Waals surface area contributed by atoms with E-state index in [1.54, 1.807) is 24.5 Å². The van der Waals surface area contributed by atoms with Crippen molar-refractivity contribution in [3.05, 3.63) is 83.8 Å². The maximum Gasteiger partial charge on any atom is 0.201 e. The van der Waals surface area contributed by atoms with Gasteiger partial charge in [0.05, 0.1) is 11.3 Å². The molecule has 6 heteroatoms. The third-order valence-corrected chi connectivity index (χ3v) is 3.93. The van der Waals surface area contributed by atoms with Crippen molar-refractivity contribution in [2.24, 2.45) is 0 Å². The molecule has 4 nitrogen and oxygen atoms in total. The van der Waals surface area contributed by atoms with Gasteiger partial charge >= 0.3 is 0 Å². The van der Waals surface area contributed by atoms with Crippen LogP contribution in [-0.2, 0) is 0 Å². The van der Waals surface area contributed by atoms with Crippen LogP contribution in [0, 0.1) is 11.6 Å². The largest absolute Gasteiger partial charge is 0.345 e. The van der Waals surface area contributed by atoms with Gasteiger partial charge in [0.15, 0.2) is 0 Å². The summed E-state index contributed by atoms with van der Waals surface area (Å²) in [5, 5.41) is 0.482. The fraction of sp³-hybridized carbons (Fsp3) is 0. The van der Waals surface area contributed by atoms with Gasteiger partial charge in [0, 0.05) is 35.1 Å². The van der Waals surface area contributed by atoms with Crippen LogP contribution in [0.5, 0.6) is 0 Å². The van der Waals surface area contributed by atoms with Crippen LogP contribution in [0.15, 0.2) is 61.1 Å². The third-order valence-electron chi connectivity index (χ3n) is 3.93. The minimum atomic E-state index is -0.895. The summed E-state index contributed by atoms with van der Waals surface area (Å²) >= 11 is 0. The molecule has 4 rings (SSSR count). The van der Waals surface area contributed by atoms with Crippen molar-refractivity contribution in [2.75, 3.05) is 0 Å². The lowest BCUT2D eigenvalue weighted by atomic mass is 10.0. The molecule has 0 unspecified atom stereocenters. The number of rotatable bonds is 3. The van der Waals surface area contributed by atoms with Crippen molar-refractivity contribution in [1.82, 2.24) is 15.0 Å². The predicted octanol–water partition coefficient (Wildman–Crippen LogP) is 4.13. The number of fused-ring (bicyclic) bond motifs is 1. The van der Waals surface area contributed by atoms with Crippen molar-refractivity contribution in [3.8, 4) is 11.3 Å². The highest BCUT2D eigenvalue weighted by molar-refractivity contribution is 6.16. The molecule has 1 N–H and O–H groups in total. The summed E-state index contributed by atoms with van der Waals surface area (Å²) in [4.78, 5) is 24.0. The standard InChI is InChI=1S/C19H11F2N3O/c20-14-4-3-5-15(21)17(14)18(25)13-10-24-19-12(13)8-11(9-23-19)16-6-1-2-7-22-16/h1-10H,(H,23,24).